The maximum Gasteiger partial charge on any atom is 0.317 e. The topological polar surface area (TPSA) is 76.6 Å². The lowest BCUT2D eigenvalue weighted by Gasteiger charge is -2.32. The number of piperidine rings is 1. The van der Waals surface area contributed by atoms with E-state index in [-0.39, 0.29) is 18.0 Å². The molecule has 1 unspecified atom stereocenters. The molecule has 7 nitrogen and oxygen atoms in total. The highest BCUT2D eigenvalue weighted by molar-refractivity contribution is 5.74. The number of nitrogens with zero attached hydrogens (tertiary/aromatic N) is 3. The van der Waals surface area contributed by atoms with Gasteiger partial charge in [-0.3, -0.25) is 0 Å². The molecular formula is C18H21FN4O3. The van der Waals surface area contributed by atoms with E-state index in [1.807, 2.05) is 0 Å². The largest absolute Gasteiger partial charge is 0.480 e. The van der Waals surface area contributed by atoms with Gasteiger partial charge < -0.3 is 19.7 Å². The van der Waals surface area contributed by atoms with Crippen molar-refractivity contribution < 1.29 is 18.7 Å². The number of benzene rings is 1. The third-order valence-corrected chi connectivity index (χ3v) is 4.13. The fourth-order valence-electron chi connectivity index (χ4n) is 2.76. The molecule has 26 heavy (non-hydrogen) atoms. The molecule has 2 heterocycles. The number of likely N-dealkylation sites (tertiary alicyclic amines) is 1. The number of urea groups is 1. The molecule has 2 aromatic rings. The fourth-order valence-corrected chi connectivity index (χ4v) is 2.76. The summed E-state index contributed by atoms with van der Waals surface area (Å²) < 4.78 is 23.7. The van der Waals surface area contributed by atoms with E-state index in [9.17, 15) is 9.18 Å². The molecule has 0 bridgehead atoms. The number of amides is 2. The first-order valence-corrected chi connectivity index (χ1v) is 8.45. The first-order chi connectivity index (χ1) is 12.6. The van der Waals surface area contributed by atoms with Crippen LogP contribution in [0.3, 0.4) is 0 Å². The molecule has 1 aromatic carbocycles. The summed E-state index contributed by atoms with van der Waals surface area (Å²) in [6.07, 6.45) is 1.55. The zero-order valence-corrected chi connectivity index (χ0v) is 14.5. The Morgan fingerprint density at radius 1 is 1.23 bits per heavy atom. The number of methoxy groups -OCH3 is 1. The van der Waals surface area contributed by atoms with Crippen LogP contribution in [0, 0.1) is 5.82 Å². The number of rotatable bonds is 5. The lowest BCUT2D eigenvalue weighted by molar-refractivity contribution is 0.0967. The van der Waals surface area contributed by atoms with Crippen LogP contribution < -0.4 is 14.8 Å². The minimum Gasteiger partial charge on any atom is -0.480 e. The quantitative estimate of drug-likeness (QED) is 0.886. The van der Waals surface area contributed by atoms with Crippen molar-refractivity contribution in [1.29, 1.82) is 0 Å². The second-order valence-electron chi connectivity index (χ2n) is 6.03. The van der Waals surface area contributed by atoms with Crippen molar-refractivity contribution in [2.75, 3.05) is 20.2 Å². The molecule has 1 aliphatic heterocycles. The maximum atomic E-state index is 12.9. The second-order valence-corrected chi connectivity index (χ2v) is 6.03. The van der Waals surface area contributed by atoms with Crippen LogP contribution in [0.5, 0.6) is 11.8 Å². The lowest BCUT2D eigenvalue weighted by atomic mass is 10.1. The number of aromatic nitrogens is 2. The summed E-state index contributed by atoms with van der Waals surface area (Å²) in [6.45, 7) is 1.50. The Balaban J connectivity index is 1.50. The normalized spacial score (nSPS) is 16.8. The molecule has 2 amide bonds. The van der Waals surface area contributed by atoms with Crippen LogP contribution in [0.1, 0.15) is 18.4 Å². The van der Waals surface area contributed by atoms with Gasteiger partial charge in [0.15, 0.2) is 0 Å². The van der Waals surface area contributed by atoms with Crippen LogP contribution in [-0.4, -0.2) is 47.4 Å². The monoisotopic (exact) mass is 360 g/mol. The van der Waals surface area contributed by atoms with E-state index in [4.69, 9.17) is 9.47 Å². The van der Waals surface area contributed by atoms with Gasteiger partial charge in [-0.1, -0.05) is 12.1 Å². The number of carbonyl (C=O) groups is 1. The Bertz CT molecular complexity index is 724. The van der Waals surface area contributed by atoms with Gasteiger partial charge in [-0.2, -0.15) is 0 Å². The van der Waals surface area contributed by atoms with Gasteiger partial charge in [-0.05, 0) is 30.5 Å². The van der Waals surface area contributed by atoms with Crippen LogP contribution >= 0.6 is 0 Å². The van der Waals surface area contributed by atoms with E-state index < -0.39 is 0 Å². The molecule has 0 saturated carbocycles. The van der Waals surface area contributed by atoms with Crippen LogP contribution in [-0.2, 0) is 6.54 Å². The van der Waals surface area contributed by atoms with Gasteiger partial charge in [0.05, 0.1) is 13.7 Å². The highest BCUT2D eigenvalue weighted by Crippen LogP contribution is 2.17. The molecule has 138 valence electrons. The molecule has 0 radical (unpaired) electrons. The first kappa shape index (κ1) is 17.9. The Morgan fingerprint density at radius 3 is 2.65 bits per heavy atom. The van der Waals surface area contributed by atoms with Crippen LogP contribution in [0.15, 0.2) is 36.4 Å². The Kier molecular flexibility index (Phi) is 5.83. The van der Waals surface area contributed by atoms with Crippen LogP contribution in [0.2, 0.25) is 0 Å². The number of halogens is 1. The van der Waals surface area contributed by atoms with Gasteiger partial charge in [0.1, 0.15) is 11.9 Å². The van der Waals surface area contributed by atoms with Gasteiger partial charge in [0, 0.05) is 25.2 Å². The SMILES string of the molecule is COc1ccc(OC2CCCN(C(=O)NCc3ccc(F)cc3)C2)nn1. The van der Waals surface area contributed by atoms with Gasteiger partial charge in [-0.15, -0.1) is 10.2 Å². The third kappa shape index (κ3) is 4.81. The summed E-state index contributed by atoms with van der Waals surface area (Å²) >= 11 is 0. The van der Waals surface area contributed by atoms with E-state index in [0.717, 1.165) is 18.4 Å². The van der Waals surface area contributed by atoms with E-state index in [0.29, 0.717) is 31.4 Å². The van der Waals surface area contributed by atoms with Crippen molar-refractivity contribution in [2.45, 2.75) is 25.5 Å². The molecular weight excluding hydrogens is 339 g/mol. The lowest BCUT2D eigenvalue weighted by Crippen LogP contribution is -2.48. The number of nitrogens with one attached hydrogen (secondary N) is 1. The molecule has 1 atom stereocenters. The van der Waals surface area contributed by atoms with E-state index >= 15 is 0 Å². The van der Waals surface area contributed by atoms with Crippen molar-refractivity contribution >= 4 is 6.03 Å². The van der Waals surface area contributed by atoms with Gasteiger partial charge in [-0.25, -0.2) is 9.18 Å². The van der Waals surface area contributed by atoms with Crippen molar-refractivity contribution in [2.24, 2.45) is 0 Å². The van der Waals surface area contributed by atoms with E-state index in [1.165, 1.54) is 19.2 Å². The third-order valence-electron chi connectivity index (χ3n) is 4.13. The van der Waals surface area contributed by atoms with E-state index in [1.54, 1.807) is 29.2 Å². The van der Waals surface area contributed by atoms with Crippen molar-refractivity contribution in [3.63, 3.8) is 0 Å². The second kappa shape index (κ2) is 8.46. The van der Waals surface area contributed by atoms with Gasteiger partial charge >= 0.3 is 6.03 Å². The molecule has 0 spiro atoms. The molecule has 1 fully saturated rings. The van der Waals surface area contributed by atoms with Crippen LogP contribution in [0.4, 0.5) is 9.18 Å². The highest BCUT2D eigenvalue weighted by Gasteiger charge is 2.25. The number of hydrogen-bond acceptors (Lipinski definition) is 5. The minimum atomic E-state index is -0.294. The molecule has 0 aliphatic carbocycles. The van der Waals surface area contributed by atoms with Crippen molar-refractivity contribution in [3.8, 4) is 11.8 Å². The summed E-state index contributed by atoms with van der Waals surface area (Å²) in [6, 6.07) is 9.27. The zero-order chi connectivity index (χ0) is 18.4. The van der Waals surface area contributed by atoms with Crippen LogP contribution in [0.25, 0.3) is 0 Å². The molecule has 1 aliphatic rings. The first-order valence-electron chi connectivity index (χ1n) is 8.45. The van der Waals surface area contributed by atoms with Crippen molar-refractivity contribution in [1.82, 2.24) is 20.4 Å². The fraction of sp³-hybridized carbons (Fsp3) is 0.389. The summed E-state index contributed by atoms with van der Waals surface area (Å²) in [5, 5.41) is 10.7. The molecule has 1 N–H and O–H groups in total. The highest BCUT2D eigenvalue weighted by atomic mass is 19.1. The average molecular weight is 360 g/mol. The molecule has 3 rings (SSSR count). The van der Waals surface area contributed by atoms with Gasteiger partial charge in [0.2, 0.25) is 11.8 Å². The summed E-state index contributed by atoms with van der Waals surface area (Å²) in [5.74, 6) is 0.532. The molecule has 1 saturated heterocycles. The maximum absolute atomic E-state index is 12.9. The van der Waals surface area contributed by atoms with E-state index in [2.05, 4.69) is 15.5 Å². The summed E-state index contributed by atoms with van der Waals surface area (Å²) in [5.41, 5.74) is 0.845. The van der Waals surface area contributed by atoms with Gasteiger partial charge in [0.25, 0.3) is 0 Å². The standard InChI is InChI=1S/C18H21FN4O3/c1-25-16-8-9-17(22-21-16)26-15-3-2-10-23(12-15)18(24)20-11-13-4-6-14(19)7-5-13/h4-9,15H,2-3,10-12H2,1H3,(H,20,24). The predicted octanol–water partition coefficient (Wildman–Crippen LogP) is 2.38. The number of ether oxygens (including phenoxy) is 2. The smallest absolute Gasteiger partial charge is 0.317 e. The Labute approximate surface area is 151 Å². The Hall–Kier alpha value is -2.90. The summed E-state index contributed by atoms with van der Waals surface area (Å²) in [4.78, 5) is 14.1. The molecule has 8 heteroatoms. The molecule has 1 aromatic heterocycles. The summed E-state index contributed by atoms with van der Waals surface area (Å²) in [7, 11) is 1.52. The van der Waals surface area contributed by atoms with Crippen molar-refractivity contribution in [3.05, 3.63) is 47.8 Å². The number of hydrogen-bond donors (Lipinski definition) is 1. The Morgan fingerprint density at radius 2 is 1.96 bits per heavy atom. The number of carbonyl (C=O) groups excluding carboxylic acids is 1. The zero-order valence-electron chi connectivity index (χ0n) is 14.5. The minimum absolute atomic E-state index is 0.136. The average Bonchev–Trinajstić information content (AvgIpc) is 2.68. The predicted molar refractivity (Wildman–Crippen MR) is 92.4 cm³/mol.